The van der Waals surface area contributed by atoms with Crippen molar-refractivity contribution in [3.05, 3.63) is 102 Å². The lowest BCUT2D eigenvalue weighted by Crippen LogP contribution is -2.19. The zero-order chi connectivity index (χ0) is 29.9. The Labute approximate surface area is 245 Å². The molecule has 2 N–H and O–H groups in total. The van der Waals surface area contributed by atoms with E-state index in [1.165, 1.54) is 5.57 Å². The van der Waals surface area contributed by atoms with Crippen LogP contribution >= 0.6 is 11.8 Å². The summed E-state index contributed by atoms with van der Waals surface area (Å²) in [6.45, 7) is 17.4. The molecule has 0 bridgehead atoms. The summed E-state index contributed by atoms with van der Waals surface area (Å²) in [5, 5.41) is 1.02. The van der Waals surface area contributed by atoms with Crippen LogP contribution < -0.4 is 5.73 Å². The van der Waals surface area contributed by atoms with Gasteiger partial charge < -0.3 is 5.73 Å². The number of hydrogen-bond acceptors (Lipinski definition) is 4. The first-order valence-corrected chi connectivity index (χ1v) is 14.9. The van der Waals surface area contributed by atoms with Gasteiger partial charge in [0.25, 0.3) is 0 Å². The lowest BCUT2D eigenvalue weighted by Gasteiger charge is -2.31. The zero-order valence-electron chi connectivity index (χ0n) is 24.2. The fraction of sp³-hybridized carbons (Fsp3) is 0.353. The first-order valence-electron chi connectivity index (χ1n) is 13.9. The number of nitrogen functional groups attached to an aromatic ring is 1. The van der Waals surface area contributed by atoms with Gasteiger partial charge in [0.1, 0.15) is 0 Å². The number of nitrogens with zero attached hydrogens (tertiary/aromatic N) is 2. The van der Waals surface area contributed by atoms with Crippen molar-refractivity contribution in [3.8, 4) is 0 Å². The smallest absolute Gasteiger partial charge is 0.397 e. The minimum atomic E-state index is -4.55. The number of thioether (sulfide) groups is 1. The minimum absolute atomic E-state index is 0.0380. The highest BCUT2D eigenvalue weighted by atomic mass is 32.2. The summed E-state index contributed by atoms with van der Waals surface area (Å²) >= 11 is 1.65. The van der Waals surface area contributed by atoms with Crippen LogP contribution in [-0.2, 0) is 6.18 Å². The molecule has 0 spiro atoms. The fourth-order valence-electron chi connectivity index (χ4n) is 5.53. The van der Waals surface area contributed by atoms with Crippen molar-refractivity contribution in [2.75, 3.05) is 11.5 Å². The van der Waals surface area contributed by atoms with Gasteiger partial charge in [0, 0.05) is 16.5 Å². The molecule has 1 unspecified atom stereocenters. The first kappa shape index (κ1) is 30.6. The molecule has 41 heavy (non-hydrogen) atoms. The maximum atomic E-state index is 13.5. The Morgan fingerprint density at radius 3 is 2.51 bits per heavy atom. The van der Waals surface area contributed by atoms with Crippen molar-refractivity contribution in [2.45, 2.75) is 70.4 Å². The van der Waals surface area contributed by atoms with Gasteiger partial charge in [-0.25, -0.2) is 4.98 Å². The van der Waals surface area contributed by atoms with Crippen molar-refractivity contribution in [2.24, 2.45) is 5.41 Å². The maximum absolute atomic E-state index is 13.5. The molecule has 3 aromatic rings. The van der Waals surface area contributed by atoms with Crippen LogP contribution in [0, 0.1) is 12.3 Å². The summed E-state index contributed by atoms with van der Waals surface area (Å²) in [6, 6.07) is 9.15. The van der Waals surface area contributed by atoms with Gasteiger partial charge in [-0.15, -0.1) is 11.8 Å². The van der Waals surface area contributed by atoms with E-state index in [4.69, 9.17) is 10.7 Å². The SMILES string of the molecule is C=C(CC(C)(C)CC1=CCCC=C1)C(C(=C)c1nc2ccc(C)cc2cc1SCC)c1ncc(C(F)(F)F)cc1N. The van der Waals surface area contributed by atoms with Gasteiger partial charge in [-0.1, -0.05) is 74.9 Å². The molecular formula is C34H38F3N3S. The molecule has 3 nitrogen and oxygen atoms in total. The van der Waals surface area contributed by atoms with E-state index < -0.39 is 17.7 Å². The predicted molar refractivity (Wildman–Crippen MR) is 167 cm³/mol. The molecule has 1 aliphatic carbocycles. The second-order valence-electron chi connectivity index (χ2n) is 11.6. The highest BCUT2D eigenvalue weighted by molar-refractivity contribution is 7.99. The average Bonchev–Trinajstić information content (AvgIpc) is 2.88. The first-order chi connectivity index (χ1) is 19.3. The van der Waals surface area contributed by atoms with Crippen LogP contribution in [0.4, 0.5) is 18.9 Å². The summed E-state index contributed by atoms with van der Waals surface area (Å²) in [5.41, 5.74) is 10.9. The third kappa shape index (κ3) is 7.31. The zero-order valence-corrected chi connectivity index (χ0v) is 25.1. The third-order valence-electron chi connectivity index (χ3n) is 7.31. The number of fused-ring (bicyclic) bond motifs is 1. The van der Waals surface area contributed by atoms with Crippen LogP contribution in [0.3, 0.4) is 0 Å². The van der Waals surface area contributed by atoms with E-state index in [0.29, 0.717) is 23.4 Å². The van der Waals surface area contributed by atoms with Crippen molar-refractivity contribution in [1.29, 1.82) is 0 Å². The molecule has 0 saturated heterocycles. The van der Waals surface area contributed by atoms with Crippen LogP contribution in [0.25, 0.3) is 16.5 Å². The van der Waals surface area contributed by atoms with Gasteiger partial charge in [0.05, 0.1) is 34.1 Å². The predicted octanol–water partition coefficient (Wildman–Crippen LogP) is 10.1. The van der Waals surface area contributed by atoms with Crippen LogP contribution in [0.5, 0.6) is 0 Å². The second-order valence-corrected chi connectivity index (χ2v) is 12.9. The monoisotopic (exact) mass is 577 g/mol. The van der Waals surface area contributed by atoms with E-state index in [-0.39, 0.29) is 11.1 Å². The number of rotatable bonds is 10. The molecule has 7 heteroatoms. The van der Waals surface area contributed by atoms with Crippen molar-refractivity contribution < 1.29 is 13.2 Å². The number of pyridine rings is 2. The molecule has 2 aromatic heterocycles. The lowest BCUT2D eigenvalue weighted by atomic mass is 9.74. The van der Waals surface area contributed by atoms with E-state index in [1.54, 1.807) is 11.8 Å². The molecule has 0 radical (unpaired) electrons. The number of allylic oxidation sites excluding steroid dienone is 6. The number of aryl methyl sites for hydroxylation is 1. The van der Waals surface area contributed by atoms with Gasteiger partial charge in [-0.2, -0.15) is 13.2 Å². The Kier molecular flexibility index (Phi) is 9.17. The Hall–Kier alpha value is -3.32. The summed E-state index contributed by atoms with van der Waals surface area (Å²) in [4.78, 5) is 10.3. The molecule has 2 heterocycles. The topological polar surface area (TPSA) is 51.8 Å². The van der Waals surface area contributed by atoms with E-state index in [1.807, 2.05) is 19.1 Å². The van der Waals surface area contributed by atoms with Crippen molar-refractivity contribution >= 4 is 33.9 Å². The van der Waals surface area contributed by atoms with E-state index in [0.717, 1.165) is 64.2 Å². The van der Waals surface area contributed by atoms with Gasteiger partial charge in [-0.3, -0.25) is 4.98 Å². The fourth-order valence-corrected chi connectivity index (χ4v) is 6.37. The summed E-state index contributed by atoms with van der Waals surface area (Å²) in [7, 11) is 0. The standard InChI is InChI=1S/C34H38F3N3S/c1-7-41-29-16-25-15-21(2)13-14-28(25)40-31(29)23(4)30(32-27(38)17-26(20-39-32)34(35,36)37)22(3)18-33(5,6)19-24-11-9-8-10-12-24/h9,11-17,20,30H,3-4,7-8,10,18-19,38H2,1-2,5-6H3. The van der Waals surface area contributed by atoms with Crippen molar-refractivity contribution in [3.63, 3.8) is 0 Å². The number of benzene rings is 1. The molecule has 216 valence electrons. The van der Waals surface area contributed by atoms with E-state index in [2.05, 4.69) is 69.3 Å². The Morgan fingerprint density at radius 2 is 1.88 bits per heavy atom. The quantitative estimate of drug-likeness (QED) is 0.192. The molecule has 0 aliphatic heterocycles. The van der Waals surface area contributed by atoms with E-state index in [9.17, 15) is 13.2 Å². The summed E-state index contributed by atoms with van der Waals surface area (Å²) < 4.78 is 40.5. The largest absolute Gasteiger partial charge is 0.417 e. The molecule has 1 aromatic carbocycles. The molecule has 1 aliphatic rings. The van der Waals surface area contributed by atoms with Gasteiger partial charge >= 0.3 is 6.18 Å². The third-order valence-corrected chi connectivity index (χ3v) is 8.22. The molecule has 1 atom stereocenters. The number of halogens is 3. The molecule has 0 amide bonds. The molecule has 0 fully saturated rings. The lowest BCUT2D eigenvalue weighted by molar-refractivity contribution is -0.137. The van der Waals surface area contributed by atoms with Gasteiger partial charge in [0.2, 0.25) is 0 Å². The van der Waals surface area contributed by atoms with Crippen LogP contribution in [0.1, 0.15) is 74.9 Å². The van der Waals surface area contributed by atoms with Crippen LogP contribution in [0.15, 0.2) is 84.0 Å². The number of hydrogen-bond donors (Lipinski definition) is 1. The second kappa shape index (κ2) is 12.3. The maximum Gasteiger partial charge on any atom is 0.417 e. The molecule has 0 saturated carbocycles. The van der Waals surface area contributed by atoms with Crippen LogP contribution in [0.2, 0.25) is 0 Å². The number of nitrogens with two attached hydrogens (primary N) is 1. The Morgan fingerprint density at radius 1 is 1.12 bits per heavy atom. The number of aromatic nitrogens is 2. The number of anilines is 1. The Bertz CT molecular complexity index is 1530. The van der Waals surface area contributed by atoms with E-state index >= 15 is 0 Å². The molecular weight excluding hydrogens is 539 g/mol. The Balaban J connectivity index is 1.80. The van der Waals surface area contributed by atoms with Gasteiger partial charge in [0.15, 0.2) is 0 Å². The number of alkyl halides is 3. The van der Waals surface area contributed by atoms with Crippen molar-refractivity contribution in [1.82, 2.24) is 9.97 Å². The average molecular weight is 578 g/mol. The summed E-state index contributed by atoms with van der Waals surface area (Å²) in [6.07, 6.45) is 6.47. The van der Waals surface area contributed by atoms with Gasteiger partial charge in [-0.05, 0) is 73.6 Å². The normalized spacial score (nSPS) is 14.7. The highest BCUT2D eigenvalue weighted by Crippen LogP contribution is 2.46. The highest BCUT2D eigenvalue weighted by Gasteiger charge is 2.34. The minimum Gasteiger partial charge on any atom is -0.397 e. The summed E-state index contributed by atoms with van der Waals surface area (Å²) in [5.74, 6) is 0.209. The molecule has 4 rings (SSSR count). The van der Waals surface area contributed by atoms with Crippen LogP contribution in [-0.4, -0.2) is 15.7 Å².